The van der Waals surface area contributed by atoms with Gasteiger partial charge in [0.2, 0.25) is 5.88 Å². The predicted octanol–water partition coefficient (Wildman–Crippen LogP) is 3.44. The molecule has 8 nitrogen and oxygen atoms in total. The number of carbonyl (C=O) groups excluding carboxylic acids is 2. The number of aliphatic hydroxyl groups is 1. The number of hydrogen-bond acceptors (Lipinski definition) is 7. The van der Waals surface area contributed by atoms with E-state index < -0.39 is 27.2 Å². The Hall–Kier alpha value is -2.65. The van der Waals surface area contributed by atoms with Crippen LogP contribution in [0.15, 0.2) is 28.7 Å². The van der Waals surface area contributed by atoms with Crippen molar-refractivity contribution in [3.63, 3.8) is 0 Å². The molecule has 3 rings (SSSR count). The van der Waals surface area contributed by atoms with Crippen molar-refractivity contribution in [1.29, 1.82) is 0 Å². The summed E-state index contributed by atoms with van der Waals surface area (Å²) in [6.07, 6.45) is 1.77. The lowest BCUT2D eigenvalue weighted by atomic mass is 9.89. The Bertz CT molecular complexity index is 1180. The smallest absolute Gasteiger partial charge is 0.212 e. The van der Waals surface area contributed by atoms with Gasteiger partial charge in [-0.1, -0.05) is 11.6 Å². The SMILES string of the molecule is CCn1nc(C)cc1OCc1c(S(C)(=O)=O)ccc(C(O)=C2C(=O)CCCC2=O)c1Cl. The zero-order valence-corrected chi connectivity index (χ0v) is 19.0. The average Bonchev–Trinajstić information content (AvgIpc) is 3.05. The first-order valence-electron chi connectivity index (χ1n) is 9.73. The second-order valence-corrected chi connectivity index (χ2v) is 9.69. The number of carbonyl (C=O) groups is 2. The molecule has 0 amide bonds. The summed E-state index contributed by atoms with van der Waals surface area (Å²) < 4.78 is 32.0. The van der Waals surface area contributed by atoms with Crippen molar-refractivity contribution < 1.29 is 27.9 Å². The molecule has 1 aliphatic carbocycles. The molecule has 0 aliphatic heterocycles. The minimum atomic E-state index is -3.68. The third-order valence-corrected chi connectivity index (χ3v) is 6.60. The predicted molar refractivity (Wildman–Crippen MR) is 115 cm³/mol. The maximum Gasteiger partial charge on any atom is 0.212 e. The van der Waals surface area contributed by atoms with Crippen molar-refractivity contribution in [2.45, 2.75) is 51.2 Å². The monoisotopic (exact) mass is 466 g/mol. The standard InChI is InChI=1S/C21H23ClN2O6S/c1-4-24-18(10-12(2)23-24)30-11-14-17(31(3,28)29)9-8-13(20(14)22)21(27)19-15(25)6-5-7-16(19)26/h8-10,27H,4-7,11H2,1-3H3. The van der Waals surface area contributed by atoms with Gasteiger partial charge in [-0.15, -0.1) is 0 Å². The molecule has 0 spiro atoms. The molecule has 1 N–H and O–H groups in total. The van der Waals surface area contributed by atoms with Gasteiger partial charge in [-0.25, -0.2) is 13.1 Å². The van der Waals surface area contributed by atoms with Gasteiger partial charge in [-0.2, -0.15) is 5.10 Å². The zero-order chi connectivity index (χ0) is 22.9. The number of halogens is 1. The highest BCUT2D eigenvalue weighted by Gasteiger charge is 2.30. The van der Waals surface area contributed by atoms with Crippen LogP contribution in [0.3, 0.4) is 0 Å². The van der Waals surface area contributed by atoms with Gasteiger partial charge in [0, 0.05) is 42.8 Å². The van der Waals surface area contributed by atoms with Crippen LogP contribution in [-0.2, 0) is 32.6 Å². The molecular formula is C21H23ClN2O6S. The lowest BCUT2D eigenvalue weighted by Gasteiger charge is -2.17. The molecule has 1 aromatic carbocycles. The Morgan fingerprint density at radius 1 is 1.26 bits per heavy atom. The Labute approximate surface area is 185 Å². The van der Waals surface area contributed by atoms with E-state index in [4.69, 9.17) is 16.3 Å². The van der Waals surface area contributed by atoms with E-state index in [1.165, 1.54) is 12.1 Å². The molecule has 1 aromatic heterocycles. The van der Waals surface area contributed by atoms with Gasteiger partial charge in [0.15, 0.2) is 21.4 Å². The van der Waals surface area contributed by atoms with Crippen LogP contribution in [0.1, 0.15) is 43.0 Å². The number of nitrogens with zero attached hydrogens (tertiary/aromatic N) is 2. The van der Waals surface area contributed by atoms with Crippen LogP contribution >= 0.6 is 11.6 Å². The van der Waals surface area contributed by atoms with Crippen molar-refractivity contribution in [3.05, 3.63) is 45.6 Å². The van der Waals surface area contributed by atoms with Gasteiger partial charge >= 0.3 is 0 Å². The molecule has 166 valence electrons. The minimum absolute atomic E-state index is 0.00597. The first kappa shape index (κ1) is 23.0. The molecule has 31 heavy (non-hydrogen) atoms. The number of ketones is 2. The summed E-state index contributed by atoms with van der Waals surface area (Å²) in [6.45, 7) is 4.02. The normalized spacial score (nSPS) is 14.8. The van der Waals surface area contributed by atoms with E-state index in [1.54, 1.807) is 17.7 Å². The summed E-state index contributed by atoms with van der Waals surface area (Å²) in [4.78, 5) is 24.4. The van der Waals surface area contributed by atoms with Gasteiger partial charge in [0.25, 0.3) is 0 Å². The molecule has 1 saturated carbocycles. The van der Waals surface area contributed by atoms with Crippen molar-refractivity contribution in [2.75, 3.05) is 6.26 Å². The Kier molecular flexibility index (Phi) is 6.56. The molecule has 2 aromatic rings. The number of allylic oxidation sites excluding steroid dienone is 1. The fourth-order valence-corrected chi connectivity index (χ4v) is 4.78. The van der Waals surface area contributed by atoms with Gasteiger partial charge < -0.3 is 9.84 Å². The number of hydrogen-bond donors (Lipinski definition) is 1. The van der Waals surface area contributed by atoms with E-state index in [-0.39, 0.29) is 46.1 Å². The van der Waals surface area contributed by atoms with E-state index >= 15 is 0 Å². The summed E-state index contributed by atoms with van der Waals surface area (Å²) in [7, 11) is -3.68. The van der Waals surface area contributed by atoms with Crippen molar-refractivity contribution in [3.8, 4) is 5.88 Å². The Balaban J connectivity index is 2.10. The van der Waals surface area contributed by atoms with E-state index in [2.05, 4.69) is 5.10 Å². The van der Waals surface area contributed by atoms with Gasteiger partial charge in [0.1, 0.15) is 17.9 Å². The highest BCUT2D eigenvalue weighted by atomic mass is 35.5. The van der Waals surface area contributed by atoms with Gasteiger partial charge in [-0.3, -0.25) is 9.59 Å². The fraction of sp³-hybridized carbons (Fsp3) is 0.381. The highest BCUT2D eigenvalue weighted by Crippen LogP contribution is 2.35. The Morgan fingerprint density at radius 2 is 1.90 bits per heavy atom. The number of benzene rings is 1. The van der Waals surface area contributed by atoms with E-state index in [9.17, 15) is 23.1 Å². The average molecular weight is 467 g/mol. The number of aromatic nitrogens is 2. The van der Waals surface area contributed by atoms with Crippen molar-refractivity contribution in [2.24, 2.45) is 0 Å². The number of aryl methyl sites for hydroxylation is 2. The van der Waals surface area contributed by atoms with Gasteiger partial charge in [0.05, 0.1) is 15.6 Å². The molecule has 1 fully saturated rings. The number of ether oxygens (including phenoxy) is 1. The number of sulfone groups is 1. The summed E-state index contributed by atoms with van der Waals surface area (Å²) >= 11 is 6.49. The first-order chi connectivity index (χ1) is 14.5. The van der Waals surface area contributed by atoms with Crippen LogP contribution in [0.4, 0.5) is 0 Å². The van der Waals surface area contributed by atoms with Crippen LogP contribution in [0.25, 0.3) is 5.76 Å². The maximum atomic E-state index is 12.3. The molecule has 1 heterocycles. The van der Waals surface area contributed by atoms with E-state index in [1.807, 2.05) is 6.92 Å². The van der Waals surface area contributed by atoms with Crippen LogP contribution in [0, 0.1) is 6.92 Å². The van der Waals surface area contributed by atoms with Crippen molar-refractivity contribution >= 4 is 38.8 Å². The molecule has 10 heteroatoms. The lowest BCUT2D eigenvalue weighted by Crippen LogP contribution is -2.20. The quantitative estimate of drug-likeness (QED) is 0.393. The summed E-state index contributed by atoms with van der Waals surface area (Å²) in [5, 5.41) is 14.9. The second kappa shape index (κ2) is 8.84. The van der Waals surface area contributed by atoms with Crippen LogP contribution in [0.2, 0.25) is 5.02 Å². The topological polar surface area (TPSA) is 116 Å². The molecule has 0 unspecified atom stereocenters. The fourth-order valence-electron chi connectivity index (χ4n) is 3.49. The minimum Gasteiger partial charge on any atom is -0.506 e. The zero-order valence-electron chi connectivity index (χ0n) is 17.4. The number of rotatable bonds is 6. The summed E-state index contributed by atoms with van der Waals surface area (Å²) in [6, 6.07) is 4.28. The molecule has 1 aliphatic rings. The van der Waals surface area contributed by atoms with Crippen LogP contribution < -0.4 is 4.74 Å². The third-order valence-electron chi connectivity index (χ3n) is 4.99. The first-order valence-corrected chi connectivity index (χ1v) is 12.0. The molecule has 0 radical (unpaired) electrons. The molecule has 0 atom stereocenters. The Morgan fingerprint density at radius 3 is 2.48 bits per heavy atom. The van der Waals surface area contributed by atoms with E-state index in [0.29, 0.717) is 18.8 Å². The molecule has 0 bridgehead atoms. The number of aliphatic hydroxyl groups excluding tert-OH is 1. The molecule has 0 saturated heterocycles. The number of Topliss-reactive ketones (excluding diaryl/α,β-unsaturated/α-hetero) is 2. The summed E-state index contributed by atoms with van der Waals surface area (Å²) in [5.74, 6) is -1.04. The largest absolute Gasteiger partial charge is 0.506 e. The van der Waals surface area contributed by atoms with Crippen LogP contribution in [-0.4, -0.2) is 41.1 Å². The molecular weight excluding hydrogens is 444 g/mol. The van der Waals surface area contributed by atoms with Gasteiger partial charge in [-0.05, 0) is 32.4 Å². The lowest BCUT2D eigenvalue weighted by molar-refractivity contribution is -0.123. The maximum absolute atomic E-state index is 12.3. The van der Waals surface area contributed by atoms with Crippen LogP contribution in [0.5, 0.6) is 5.88 Å². The third kappa shape index (κ3) is 4.67. The highest BCUT2D eigenvalue weighted by molar-refractivity contribution is 7.90. The summed E-state index contributed by atoms with van der Waals surface area (Å²) in [5.41, 5.74) is 0.556. The van der Waals surface area contributed by atoms with Crippen molar-refractivity contribution in [1.82, 2.24) is 9.78 Å². The van der Waals surface area contributed by atoms with E-state index in [0.717, 1.165) is 11.9 Å². The second-order valence-electron chi connectivity index (χ2n) is 7.33.